The Morgan fingerprint density at radius 3 is 3.10 bits per heavy atom. The SMILES string of the molecule is O=C=CCc1cc(Br)cs1. The quantitative estimate of drug-likeness (QED) is 0.695. The Kier molecular flexibility index (Phi) is 2.87. The molecule has 1 heterocycles. The number of hydrogen-bond acceptors (Lipinski definition) is 2. The molecule has 0 aliphatic heterocycles. The molecule has 0 atom stereocenters. The summed E-state index contributed by atoms with van der Waals surface area (Å²) < 4.78 is 1.08. The predicted molar refractivity (Wildman–Crippen MR) is 46.0 cm³/mol. The summed E-state index contributed by atoms with van der Waals surface area (Å²) in [6, 6.07) is 2.00. The fraction of sp³-hybridized carbons (Fsp3) is 0.143. The van der Waals surface area contributed by atoms with Gasteiger partial charge in [-0.2, -0.15) is 0 Å². The normalized spacial score (nSPS) is 8.90. The summed E-state index contributed by atoms with van der Waals surface area (Å²) in [5.74, 6) is 1.74. The first-order valence-electron chi connectivity index (χ1n) is 2.75. The number of halogens is 1. The van der Waals surface area contributed by atoms with Crippen LogP contribution in [-0.2, 0) is 11.2 Å². The molecule has 0 fully saturated rings. The highest BCUT2D eigenvalue weighted by atomic mass is 79.9. The molecule has 10 heavy (non-hydrogen) atoms. The number of carbonyl (C=O) groups excluding carboxylic acids is 1. The van der Waals surface area contributed by atoms with Crippen molar-refractivity contribution in [1.29, 1.82) is 0 Å². The van der Waals surface area contributed by atoms with E-state index >= 15 is 0 Å². The van der Waals surface area contributed by atoms with Crippen LogP contribution < -0.4 is 0 Å². The van der Waals surface area contributed by atoms with E-state index < -0.39 is 0 Å². The first-order chi connectivity index (χ1) is 4.83. The zero-order valence-electron chi connectivity index (χ0n) is 5.13. The van der Waals surface area contributed by atoms with Gasteiger partial charge >= 0.3 is 0 Å². The van der Waals surface area contributed by atoms with Gasteiger partial charge in [-0.1, -0.05) is 0 Å². The molecular formula is C7H5BrOS. The first kappa shape index (κ1) is 7.73. The van der Waals surface area contributed by atoms with Crippen molar-refractivity contribution >= 4 is 33.2 Å². The monoisotopic (exact) mass is 216 g/mol. The second kappa shape index (κ2) is 3.71. The van der Waals surface area contributed by atoms with E-state index in [1.807, 2.05) is 11.4 Å². The fourth-order valence-corrected chi connectivity index (χ4v) is 2.02. The minimum Gasteiger partial charge on any atom is -0.234 e. The predicted octanol–water partition coefficient (Wildman–Crippen LogP) is 2.44. The van der Waals surface area contributed by atoms with Gasteiger partial charge in [0.1, 0.15) is 5.94 Å². The van der Waals surface area contributed by atoms with Crippen molar-refractivity contribution in [3.8, 4) is 0 Å². The van der Waals surface area contributed by atoms with Gasteiger partial charge in [0.2, 0.25) is 0 Å². The van der Waals surface area contributed by atoms with Gasteiger partial charge in [0.25, 0.3) is 0 Å². The van der Waals surface area contributed by atoms with Crippen LogP contribution in [0.1, 0.15) is 4.88 Å². The summed E-state index contributed by atoms with van der Waals surface area (Å²) >= 11 is 4.95. The molecule has 0 amide bonds. The maximum atomic E-state index is 9.80. The van der Waals surface area contributed by atoms with Gasteiger partial charge in [0.15, 0.2) is 0 Å². The molecule has 0 unspecified atom stereocenters. The molecular weight excluding hydrogens is 212 g/mol. The molecule has 52 valence electrons. The summed E-state index contributed by atoms with van der Waals surface area (Å²) in [6.07, 6.45) is 2.18. The minimum atomic E-state index is 0.694. The van der Waals surface area contributed by atoms with E-state index in [4.69, 9.17) is 0 Å². The lowest BCUT2D eigenvalue weighted by Crippen LogP contribution is -1.70. The molecule has 0 aromatic carbocycles. The summed E-state index contributed by atoms with van der Waals surface area (Å²) in [7, 11) is 0. The van der Waals surface area contributed by atoms with Crippen molar-refractivity contribution in [2.24, 2.45) is 0 Å². The van der Waals surface area contributed by atoms with Crippen LogP contribution in [-0.4, -0.2) is 5.94 Å². The van der Waals surface area contributed by atoms with Crippen LogP contribution in [0.3, 0.4) is 0 Å². The Hall–Kier alpha value is -0.370. The lowest BCUT2D eigenvalue weighted by atomic mass is 10.3. The van der Waals surface area contributed by atoms with E-state index in [1.165, 1.54) is 11.0 Å². The van der Waals surface area contributed by atoms with Gasteiger partial charge < -0.3 is 0 Å². The number of hydrogen-bond donors (Lipinski definition) is 0. The van der Waals surface area contributed by atoms with Crippen molar-refractivity contribution in [3.05, 3.63) is 26.9 Å². The van der Waals surface area contributed by atoms with Crippen molar-refractivity contribution in [3.63, 3.8) is 0 Å². The Balaban J connectivity index is 2.66. The van der Waals surface area contributed by atoms with Crippen LogP contribution in [0.25, 0.3) is 0 Å². The van der Waals surface area contributed by atoms with Gasteiger partial charge in [-0.3, -0.25) is 0 Å². The van der Waals surface area contributed by atoms with Gasteiger partial charge in [0.05, 0.1) is 0 Å². The van der Waals surface area contributed by atoms with Crippen LogP contribution in [0.5, 0.6) is 0 Å². The third-order valence-corrected chi connectivity index (χ3v) is 2.73. The highest BCUT2D eigenvalue weighted by Gasteiger charge is 1.93. The molecule has 0 saturated heterocycles. The van der Waals surface area contributed by atoms with E-state index in [2.05, 4.69) is 15.9 Å². The van der Waals surface area contributed by atoms with Crippen molar-refractivity contribution in [2.75, 3.05) is 0 Å². The van der Waals surface area contributed by atoms with Crippen LogP contribution in [0.15, 0.2) is 22.0 Å². The molecule has 0 spiro atoms. The van der Waals surface area contributed by atoms with E-state index in [0.29, 0.717) is 6.42 Å². The molecule has 1 aromatic heterocycles. The Bertz CT molecular complexity index is 260. The maximum absolute atomic E-state index is 9.80. The van der Waals surface area contributed by atoms with Crippen molar-refractivity contribution < 1.29 is 4.79 Å². The van der Waals surface area contributed by atoms with Crippen LogP contribution >= 0.6 is 27.3 Å². The topological polar surface area (TPSA) is 17.1 Å². The summed E-state index contributed by atoms with van der Waals surface area (Å²) in [5.41, 5.74) is 0. The van der Waals surface area contributed by atoms with Crippen molar-refractivity contribution in [1.82, 2.24) is 0 Å². The highest BCUT2D eigenvalue weighted by Crippen LogP contribution is 2.19. The van der Waals surface area contributed by atoms with Crippen molar-refractivity contribution in [2.45, 2.75) is 6.42 Å². The number of rotatable bonds is 2. The second-order valence-corrected chi connectivity index (χ2v) is 3.67. The third kappa shape index (κ3) is 2.10. The molecule has 0 saturated carbocycles. The molecule has 0 N–H and O–H groups in total. The molecule has 0 aliphatic rings. The van der Waals surface area contributed by atoms with Crippen LogP contribution in [0.2, 0.25) is 0 Å². The maximum Gasteiger partial charge on any atom is 0.120 e. The molecule has 0 radical (unpaired) electrons. The molecule has 1 nitrogen and oxygen atoms in total. The van der Waals surface area contributed by atoms with E-state index in [9.17, 15) is 4.79 Å². The fourth-order valence-electron chi connectivity index (χ4n) is 0.603. The zero-order valence-corrected chi connectivity index (χ0v) is 7.54. The third-order valence-electron chi connectivity index (χ3n) is 1.01. The number of allylic oxidation sites excluding steroid dienone is 1. The van der Waals surface area contributed by atoms with E-state index in [-0.39, 0.29) is 0 Å². The van der Waals surface area contributed by atoms with Crippen LogP contribution in [0, 0.1) is 0 Å². The molecule has 0 bridgehead atoms. The highest BCUT2D eigenvalue weighted by molar-refractivity contribution is 9.10. The van der Waals surface area contributed by atoms with E-state index in [1.54, 1.807) is 17.3 Å². The minimum absolute atomic E-state index is 0.694. The second-order valence-electron chi connectivity index (χ2n) is 1.76. The summed E-state index contributed by atoms with van der Waals surface area (Å²) in [4.78, 5) is 11.0. The van der Waals surface area contributed by atoms with Crippen LogP contribution in [0.4, 0.5) is 0 Å². The largest absolute Gasteiger partial charge is 0.234 e. The molecule has 0 aliphatic carbocycles. The average Bonchev–Trinajstić information content (AvgIpc) is 2.31. The Labute approximate surface area is 71.5 Å². The standard InChI is InChI=1S/C7H5BrOS/c8-6-4-7(10-5-6)2-1-3-9/h1,4-5H,2H2. The Morgan fingerprint density at radius 2 is 2.60 bits per heavy atom. The summed E-state index contributed by atoms with van der Waals surface area (Å²) in [5, 5.41) is 1.99. The molecule has 3 heteroatoms. The molecule has 1 aromatic rings. The molecule has 1 rings (SSSR count). The lowest BCUT2D eigenvalue weighted by Gasteiger charge is -1.80. The van der Waals surface area contributed by atoms with Gasteiger partial charge in [-0.15, -0.1) is 11.3 Å². The first-order valence-corrected chi connectivity index (χ1v) is 4.42. The zero-order chi connectivity index (χ0) is 7.40. The lowest BCUT2D eigenvalue weighted by molar-refractivity contribution is 0.568. The average molecular weight is 217 g/mol. The van der Waals surface area contributed by atoms with Gasteiger partial charge in [-0.05, 0) is 22.0 Å². The Morgan fingerprint density at radius 1 is 1.80 bits per heavy atom. The van der Waals surface area contributed by atoms with Gasteiger partial charge in [-0.25, -0.2) is 4.79 Å². The van der Waals surface area contributed by atoms with E-state index in [0.717, 1.165) is 4.47 Å². The number of thiophene rings is 1. The van der Waals surface area contributed by atoms with Gasteiger partial charge in [0, 0.05) is 27.2 Å². The summed E-state index contributed by atoms with van der Waals surface area (Å²) in [6.45, 7) is 0. The smallest absolute Gasteiger partial charge is 0.120 e.